The van der Waals surface area contributed by atoms with E-state index in [1.165, 1.54) is 24.3 Å². The Kier molecular flexibility index (Phi) is 6.90. The molecule has 2 aromatic rings. The van der Waals surface area contributed by atoms with E-state index in [-0.39, 0.29) is 18.2 Å². The molecular weight excluding hydrogens is 346 g/mol. The van der Waals surface area contributed by atoms with Crippen LogP contribution in [0.5, 0.6) is 5.75 Å². The molecule has 8 heteroatoms. The Labute approximate surface area is 149 Å². The summed E-state index contributed by atoms with van der Waals surface area (Å²) in [7, 11) is 0. The second kappa shape index (κ2) is 9.36. The van der Waals surface area contributed by atoms with Gasteiger partial charge in [-0.15, -0.1) is 0 Å². The molecule has 0 saturated carbocycles. The first-order chi connectivity index (χ1) is 12.5. The first-order valence-corrected chi connectivity index (χ1v) is 7.83. The second-order valence-electron chi connectivity index (χ2n) is 5.10. The van der Waals surface area contributed by atoms with Crippen molar-refractivity contribution in [2.24, 2.45) is 0 Å². The number of hydrogen-bond donors (Lipinski definition) is 2. The van der Waals surface area contributed by atoms with Gasteiger partial charge in [-0.3, -0.25) is 4.79 Å². The number of halogens is 2. The fraction of sp³-hybridized carbons (Fsp3) is 0.222. The summed E-state index contributed by atoms with van der Waals surface area (Å²) in [4.78, 5) is 23.5. The summed E-state index contributed by atoms with van der Waals surface area (Å²) in [5, 5.41) is 5.53. The molecule has 0 unspecified atom stereocenters. The van der Waals surface area contributed by atoms with E-state index in [4.69, 9.17) is 4.74 Å². The average Bonchev–Trinajstić information content (AvgIpc) is 2.62. The van der Waals surface area contributed by atoms with Crippen LogP contribution in [0.25, 0.3) is 0 Å². The zero-order chi connectivity index (χ0) is 18.9. The van der Waals surface area contributed by atoms with E-state index in [1.807, 2.05) is 0 Å². The number of carbonyl (C=O) groups is 2. The lowest BCUT2D eigenvalue weighted by Crippen LogP contribution is -2.21. The van der Waals surface area contributed by atoms with Gasteiger partial charge < -0.3 is 20.1 Å². The van der Waals surface area contributed by atoms with Gasteiger partial charge in [0.2, 0.25) is 5.91 Å². The van der Waals surface area contributed by atoms with E-state index < -0.39 is 12.6 Å². The number of anilines is 2. The van der Waals surface area contributed by atoms with E-state index in [0.717, 1.165) is 0 Å². The van der Waals surface area contributed by atoms with Crippen molar-refractivity contribution in [3.8, 4) is 5.75 Å². The summed E-state index contributed by atoms with van der Waals surface area (Å²) < 4.78 is 33.3. The van der Waals surface area contributed by atoms with Gasteiger partial charge in [0.05, 0.1) is 18.7 Å². The molecule has 0 aromatic heterocycles. The molecular formula is C18H18F2N2O4. The highest BCUT2D eigenvalue weighted by molar-refractivity contribution is 5.94. The first-order valence-electron chi connectivity index (χ1n) is 7.83. The summed E-state index contributed by atoms with van der Waals surface area (Å²) in [5.41, 5.74) is 1.54. The molecule has 0 aliphatic rings. The number of hydrogen-bond acceptors (Lipinski definition) is 5. The third-order valence-corrected chi connectivity index (χ3v) is 3.21. The van der Waals surface area contributed by atoms with Crippen LogP contribution < -0.4 is 15.4 Å². The zero-order valence-corrected chi connectivity index (χ0v) is 14.0. The minimum atomic E-state index is -2.89. The minimum Gasteiger partial charge on any atom is -0.462 e. The number of rotatable bonds is 8. The van der Waals surface area contributed by atoms with Crippen LogP contribution in [0, 0.1) is 0 Å². The number of benzene rings is 2. The van der Waals surface area contributed by atoms with Gasteiger partial charge in [-0.1, -0.05) is 0 Å². The predicted octanol–water partition coefficient (Wildman–Crippen LogP) is 3.52. The van der Waals surface area contributed by atoms with E-state index in [2.05, 4.69) is 15.4 Å². The maximum Gasteiger partial charge on any atom is 0.387 e. The van der Waals surface area contributed by atoms with Crippen LogP contribution in [0.2, 0.25) is 0 Å². The highest BCUT2D eigenvalue weighted by Crippen LogP contribution is 2.17. The summed E-state index contributed by atoms with van der Waals surface area (Å²) in [6, 6.07) is 12.1. The minimum absolute atomic E-state index is 0.00591. The SMILES string of the molecule is CCOC(=O)c1ccc(NCC(=O)Nc2ccc(OC(F)F)cc2)cc1. The van der Waals surface area contributed by atoms with Crippen molar-refractivity contribution in [2.75, 3.05) is 23.8 Å². The highest BCUT2D eigenvalue weighted by Gasteiger charge is 2.07. The number of esters is 1. The molecule has 0 atom stereocenters. The normalized spacial score (nSPS) is 10.3. The Bertz CT molecular complexity index is 734. The standard InChI is InChI=1S/C18H18F2N2O4/c1-2-25-17(24)12-3-5-13(6-4-12)21-11-16(23)22-14-7-9-15(10-8-14)26-18(19)20/h3-10,18,21H,2,11H2,1H3,(H,22,23). The second-order valence-corrected chi connectivity index (χ2v) is 5.10. The molecule has 0 aliphatic heterocycles. The molecule has 0 radical (unpaired) electrons. The van der Waals surface area contributed by atoms with Crippen LogP contribution in [-0.2, 0) is 9.53 Å². The molecule has 2 rings (SSSR count). The van der Waals surface area contributed by atoms with Gasteiger partial charge in [-0.05, 0) is 55.5 Å². The van der Waals surface area contributed by atoms with Crippen molar-refractivity contribution in [2.45, 2.75) is 13.5 Å². The number of amides is 1. The Morgan fingerprint density at radius 3 is 2.19 bits per heavy atom. The summed E-state index contributed by atoms with van der Waals surface area (Å²) in [6.45, 7) is -0.872. The molecule has 2 aromatic carbocycles. The van der Waals surface area contributed by atoms with E-state index in [1.54, 1.807) is 31.2 Å². The van der Waals surface area contributed by atoms with Gasteiger partial charge >= 0.3 is 12.6 Å². The Morgan fingerprint density at radius 2 is 1.62 bits per heavy atom. The lowest BCUT2D eigenvalue weighted by Gasteiger charge is -2.09. The molecule has 1 amide bonds. The van der Waals surface area contributed by atoms with Crippen molar-refractivity contribution >= 4 is 23.3 Å². The van der Waals surface area contributed by atoms with Crippen LogP contribution in [0.15, 0.2) is 48.5 Å². The van der Waals surface area contributed by atoms with Crippen LogP contribution in [0.1, 0.15) is 17.3 Å². The van der Waals surface area contributed by atoms with Gasteiger partial charge in [0.25, 0.3) is 0 Å². The van der Waals surface area contributed by atoms with E-state index in [0.29, 0.717) is 23.5 Å². The van der Waals surface area contributed by atoms with Crippen LogP contribution in [0.4, 0.5) is 20.2 Å². The van der Waals surface area contributed by atoms with Gasteiger partial charge in [-0.25, -0.2) is 4.79 Å². The number of nitrogens with one attached hydrogen (secondary N) is 2. The molecule has 2 N–H and O–H groups in total. The van der Waals surface area contributed by atoms with Crippen LogP contribution >= 0.6 is 0 Å². The number of alkyl halides is 2. The molecule has 26 heavy (non-hydrogen) atoms. The fourth-order valence-electron chi connectivity index (χ4n) is 2.05. The lowest BCUT2D eigenvalue weighted by molar-refractivity contribution is -0.114. The molecule has 0 aliphatic carbocycles. The van der Waals surface area contributed by atoms with Crippen molar-refractivity contribution in [1.29, 1.82) is 0 Å². The smallest absolute Gasteiger partial charge is 0.387 e. The Balaban J connectivity index is 1.82. The van der Waals surface area contributed by atoms with Gasteiger partial charge in [0, 0.05) is 11.4 Å². The highest BCUT2D eigenvalue weighted by atomic mass is 19.3. The molecule has 6 nitrogen and oxygen atoms in total. The lowest BCUT2D eigenvalue weighted by atomic mass is 10.2. The molecule has 0 saturated heterocycles. The zero-order valence-electron chi connectivity index (χ0n) is 14.0. The Hall–Kier alpha value is -3.16. The maximum atomic E-state index is 12.1. The van der Waals surface area contributed by atoms with Crippen molar-refractivity contribution < 1.29 is 27.8 Å². The van der Waals surface area contributed by atoms with Gasteiger partial charge in [0.15, 0.2) is 0 Å². The summed E-state index contributed by atoms with van der Waals surface area (Å²) in [6.07, 6.45) is 0. The van der Waals surface area contributed by atoms with Crippen LogP contribution in [-0.4, -0.2) is 31.6 Å². The molecule has 138 valence electrons. The molecule has 0 bridgehead atoms. The quantitative estimate of drug-likeness (QED) is 0.701. The molecule has 0 heterocycles. The molecule has 0 fully saturated rings. The van der Waals surface area contributed by atoms with Crippen molar-refractivity contribution in [3.63, 3.8) is 0 Å². The topological polar surface area (TPSA) is 76.7 Å². The third kappa shape index (κ3) is 6.04. The summed E-state index contributed by atoms with van der Waals surface area (Å²) >= 11 is 0. The van der Waals surface area contributed by atoms with Crippen molar-refractivity contribution in [1.82, 2.24) is 0 Å². The van der Waals surface area contributed by atoms with Gasteiger partial charge in [0.1, 0.15) is 5.75 Å². The van der Waals surface area contributed by atoms with E-state index in [9.17, 15) is 18.4 Å². The Morgan fingerprint density at radius 1 is 1.00 bits per heavy atom. The van der Waals surface area contributed by atoms with Crippen LogP contribution in [0.3, 0.4) is 0 Å². The fourth-order valence-corrected chi connectivity index (χ4v) is 2.05. The largest absolute Gasteiger partial charge is 0.462 e. The predicted molar refractivity (Wildman–Crippen MR) is 92.6 cm³/mol. The van der Waals surface area contributed by atoms with E-state index >= 15 is 0 Å². The first kappa shape index (κ1) is 19.2. The average molecular weight is 364 g/mol. The number of ether oxygens (including phenoxy) is 2. The summed E-state index contributed by atoms with van der Waals surface area (Å²) in [5.74, 6) is -0.712. The monoisotopic (exact) mass is 364 g/mol. The van der Waals surface area contributed by atoms with Gasteiger partial charge in [-0.2, -0.15) is 8.78 Å². The van der Waals surface area contributed by atoms with Crippen molar-refractivity contribution in [3.05, 3.63) is 54.1 Å². The maximum absolute atomic E-state index is 12.1. The third-order valence-electron chi connectivity index (χ3n) is 3.21. The number of carbonyl (C=O) groups excluding carboxylic acids is 2. The molecule has 0 spiro atoms.